The van der Waals surface area contributed by atoms with Gasteiger partial charge in [-0.25, -0.2) is 9.67 Å². The van der Waals surface area contributed by atoms with Crippen molar-refractivity contribution in [3.05, 3.63) is 24.0 Å². The Kier molecular flexibility index (Phi) is 2.25. The van der Waals surface area contributed by atoms with Crippen LogP contribution < -0.4 is 15.2 Å². The van der Waals surface area contributed by atoms with Crippen molar-refractivity contribution in [2.75, 3.05) is 6.79 Å². The SMILES string of the molecule is NC1CCCn2nc(-c3ccc4c(c3)OCO4)nc21. The quantitative estimate of drug-likeness (QED) is 0.838. The first-order valence-corrected chi connectivity index (χ1v) is 6.41. The molecule has 0 saturated carbocycles. The van der Waals surface area contributed by atoms with Crippen LogP contribution >= 0.6 is 0 Å². The first kappa shape index (κ1) is 10.8. The van der Waals surface area contributed by atoms with Gasteiger partial charge in [0.25, 0.3) is 0 Å². The molecule has 2 aromatic rings. The lowest BCUT2D eigenvalue weighted by atomic mass is 10.1. The molecule has 0 spiro atoms. The number of nitrogens with two attached hydrogens (primary N) is 1. The summed E-state index contributed by atoms with van der Waals surface area (Å²) in [5.74, 6) is 3.09. The molecule has 1 unspecified atom stereocenters. The minimum atomic E-state index is -0.0102. The number of benzene rings is 1. The van der Waals surface area contributed by atoms with E-state index >= 15 is 0 Å². The van der Waals surface area contributed by atoms with Gasteiger partial charge in [-0.15, -0.1) is 0 Å². The van der Waals surface area contributed by atoms with Crippen LogP contribution in [-0.2, 0) is 6.54 Å². The zero-order valence-corrected chi connectivity index (χ0v) is 10.4. The van der Waals surface area contributed by atoms with Crippen LogP contribution in [0.3, 0.4) is 0 Å². The van der Waals surface area contributed by atoms with Crippen molar-refractivity contribution < 1.29 is 9.47 Å². The van der Waals surface area contributed by atoms with Gasteiger partial charge in [-0.3, -0.25) is 0 Å². The van der Waals surface area contributed by atoms with Crippen LogP contribution in [0.1, 0.15) is 24.7 Å². The predicted molar refractivity (Wildman–Crippen MR) is 67.7 cm³/mol. The smallest absolute Gasteiger partial charge is 0.231 e. The van der Waals surface area contributed by atoms with E-state index in [4.69, 9.17) is 15.2 Å². The van der Waals surface area contributed by atoms with E-state index < -0.39 is 0 Å². The summed E-state index contributed by atoms with van der Waals surface area (Å²) in [6.45, 7) is 1.16. The number of hydrogen-bond acceptors (Lipinski definition) is 5. The monoisotopic (exact) mass is 258 g/mol. The second-order valence-electron chi connectivity index (χ2n) is 4.83. The maximum atomic E-state index is 6.06. The molecule has 0 saturated heterocycles. The molecule has 6 nitrogen and oxygen atoms in total. The summed E-state index contributed by atoms with van der Waals surface area (Å²) in [4.78, 5) is 4.56. The topological polar surface area (TPSA) is 75.2 Å². The lowest BCUT2D eigenvalue weighted by Gasteiger charge is -2.17. The van der Waals surface area contributed by atoms with Crippen LogP contribution in [0.15, 0.2) is 18.2 Å². The predicted octanol–water partition coefficient (Wildman–Crippen LogP) is 1.47. The van der Waals surface area contributed by atoms with Crippen LogP contribution in [0.5, 0.6) is 11.5 Å². The average molecular weight is 258 g/mol. The molecule has 1 aromatic carbocycles. The Labute approximate surface area is 110 Å². The van der Waals surface area contributed by atoms with Gasteiger partial charge in [0.05, 0.1) is 6.04 Å². The van der Waals surface area contributed by atoms with Crippen LogP contribution in [0.4, 0.5) is 0 Å². The van der Waals surface area contributed by atoms with Crippen molar-refractivity contribution in [3.63, 3.8) is 0 Å². The maximum Gasteiger partial charge on any atom is 0.231 e. The first-order valence-electron chi connectivity index (χ1n) is 6.41. The van der Waals surface area contributed by atoms with Crippen molar-refractivity contribution >= 4 is 0 Å². The fourth-order valence-electron chi connectivity index (χ4n) is 2.54. The number of hydrogen-bond donors (Lipinski definition) is 1. The molecular formula is C13H14N4O2. The van der Waals surface area contributed by atoms with Gasteiger partial charge in [-0.1, -0.05) is 0 Å². The van der Waals surface area contributed by atoms with Crippen LogP contribution in [0, 0.1) is 0 Å². The minimum Gasteiger partial charge on any atom is -0.454 e. The van der Waals surface area contributed by atoms with Gasteiger partial charge < -0.3 is 15.2 Å². The average Bonchev–Trinajstić information content (AvgIpc) is 3.04. The van der Waals surface area contributed by atoms with Gasteiger partial charge in [0.2, 0.25) is 6.79 Å². The second kappa shape index (κ2) is 3.96. The minimum absolute atomic E-state index is 0.0102. The molecule has 98 valence electrons. The lowest BCUT2D eigenvalue weighted by molar-refractivity contribution is 0.174. The fraction of sp³-hybridized carbons (Fsp3) is 0.385. The van der Waals surface area contributed by atoms with Crippen molar-refractivity contribution in [1.82, 2.24) is 14.8 Å². The molecule has 4 rings (SSSR count). The molecular weight excluding hydrogens is 244 g/mol. The number of nitrogens with zero attached hydrogens (tertiary/aromatic N) is 3. The summed E-state index contributed by atoms with van der Waals surface area (Å²) in [5, 5.41) is 4.53. The molecule has 3 heterocycles. The molecule has 1 aromatic heterocycles. The highest BCUT2D eigenvalue weighted by Gasteiger charge is 2.22. The molecule has 0 amide bonds. The number of fused-ring (bicyclic) bond motifs is 2. The molecule has 0 aliphatic carbocycles. The number of rotatable bonds is 1. The van der Waals surface area contributed by atoms with E-state index in [0.717, 1.165) is 42.3 Å². The van der Waals surface area contributed by atoms with Gasteiger partial charge >= 0.3 is 0 Å². The second-order valence-corrected chi connectivity index (χ2v) is 4.83. The maximum absolute atomic E-state index is 6.06. The van der Waals surface area contributed by atoms with E-state index in [1.54, 1.807) is 0 Å². The molecule has 2 aliphatic heterocycles. The van der Waals surface area contributed by atoms with Crippen molar-refractivity contribution in [3.8, 4) is 22.9 Å². The van der Waals surface area contributed by atoms with Gasteiger partial charge in [0.1, 0.15) is 5.82 Å². The summed E-state index contributed by atoms with van der Waals surface area (Å²) >= 11 is 0. The zero-order chi connectivity index (χ0) is 12.8. The standard InChI is InChI=1S/C13H14N4O2/c14-9-2-1-5-17-13(9)15-12(16-17)8-3-4-10-11(6-8)19-7-18-10/h3-4,6,9H,1-2,5,7,14H2. The summed E-state index contributed by atoms with van der Waals surface area (Å²) < 4.78 is 12.6. The van der Waals surface area contributed by atoms with E-state index in [-0.39, 0.29) is 12.8 Å². The number of ether oxygens (including phenoxy) is 2. The van der Waals surface area contributed by atoms with Crippen molar-refractivity contribution in [2.24, 2.45) is 5.73 Å². The Morgan fingerprint density at radius 2 is 2.16 bits per heavy atom. The summed E-state index contributed by atoms with van der Waals surface area (Å²) in [6, 6.07) is 5.73. The summed E-state index contributed by atoms with van der Waals surface area (Å²) in [5.41, 5.74) is 6.99. The third kappa shape index (κ3) is 1.67. The number of aryl methyl sites for hydroxylation is 1. The molecule has 0 radical (unpaired) electrons. The molecule has 2 N–H and O–H groups in total. The lowest BCUT2D eigenvalue weighted by Crippen LogP contribution is -2.22. The highest BCUT2D eigenvalue weighted by atomic mass is 16.7. The Bertz CT molecular complexity index is 638. The molecule has 1 atom stereocenters. The van der Waals surface area contributed by atoms with E-state index in [0.29, 0.717) is 5.82 Å². The van der Waals surface area contributed by atoms with Crippen LogP contribution in [0.25, 0.3) is 11.4 Å². The van der Waals surface area contributed by atoms with E-state index in [1.807, 2.05) is 22.9 Å². The van der Waals surface area contributed by atoms with Gasteiger partial charge in [-0.05, 0) is 31.0 Å². The molecule has 19 heavy (non-hydrogen) atoms. The van der Waals surface area contributed by atoms with E-state index in [9.17, 15) is 0 Å². The van der Waals surface area contributed by atoms with E-state index in [1.165, 1.54) is 0 Å². The van der Waals surface area contributed by atoms with Gasteiger partial charge in [-0.2, -0.15) is 5.10 Å². The Morgan fingerprint density at radius 3 is 3.05 bits per heavy atom. The normalized spacial score (nSPS) is 20.4. The van der Waals surface area contributed by atoms with Crippen molar-refractivity contribution in [1.29, 1.82) is 0 Å². The Morgan fingerprint density at radius 1 is 1.26 bits per heavy atom. The largest absolute Gasteiger partial charge is 0.454 e. The van der Waals surface area contributed by atoms with E-state index in [2.05, 4.69) is 10.1 Å². The van der Waals surface area contributed by atoms with Crippen LogP contribution in [-0.4, -0.2) is 21.6 Å². The van der Waals surface area contributed by atoms with Crippen LogP contribution in [0.2, 0.25) is 0 Å². The molecule has 0 bridgehead atoms. The summed E-state index contributed by atoms with van der Waals surface area (Å²) in [7, 11) is 0. The van der Waals surface area contributed by atoms with Gasteiger partial charge in [0, 0.05) is 12.1 Å². The third-order valence-electron chi connectivity index (χ3n) is 3.55. The zero-order valence-electron chi connectivity index (χ0n) is 10.4. The Hall–Kier alpha value is -2.08. The first-order chi connectivity index (χ1) is 9.31. The van der Waals surface area contributed by atoms with Crippen molar-refractivity contribution in [2.45, 2.75) is 25.4 Å². The fourth-order valence-corrected chi connectivity index (χ4v) is 2.54. The highest BCUT2D eigenvalue weighted by Crippen LogP contribution is 2.35. The highest BCUT2D eigenvalue weighted by molar-refractivity contribution is 5.61. The molecule has 6 heteroatoms. The molecule has 2 aliphatic rings. The Balaban J connectivity index is 1.76. The molecule has 0 fully saturated rings. The number of aromatic nitrogens is 3. The summed E-state index contributed by atoms with van der Waals surface area (Å²) in [6.07, 6.45) is 2.03. The van der Waals surface area contributed by atoms with Gasteiger partial charge in [0.15, 0.2) is 17.3 Å². The third-order valence-corrected chi connectivity index (χ3v) is 3.55.